The van der Waals surface area contributed by atoms with Gasteiger partial charge in [-0.25, -0.2) is 8.42 Å². The van der Waals surface area contributed by atoms with Crippen LogP contribution >= 0.6 is 22.7 Å². The normalized spacial score (nSPS) is 12.3. The molecule has 0 unspecified atom stereocenters. The van der Waals surface area contributed by atoms with Crippen LogP contribution in [0.5, 0.6) is 0 Å². The monoisotopic (exact) mass is 462 g/mol. The lowest BCUT2D eigenvalue weighted by atomic mass is 10.1. The lowest BCUT2D eigenvalue weighted by Gasteiger charge is -2.16. The fourth-order valence-electron chi connectivity index (χ4n) is 2.89. The van der Waals surface area contributed by atoms with E-state index in [2.05, 4.69) is 10.6 Å². The third-order valence-electron chi connectivity index (χ3n) is 4.44. The summed E-state index contributed by atoms with van der Waals surface area (Å²) in [6, 6.07) is 16.6. The Morgan fingerprint density at radius 2 is 1.57 bits per heavy atom. The molecule has 6 nitrogen and oxygen atoms in total. The van der Waals surface area contributed by atoms with Gasteiger partial charge in [-0.15, -0.1) is 22.7 Å². The zero-order valence-corrected chi connectivity index (χ0v) is 18.6. The molecule has 1 atom stereocenters. The number of nitrogens with one attached hydrogen (secondary N) is 2. The van der Waals surface area contributed by atoms with Crippen molar-refractivity contribution in [2.24, 2.45) is 0 Å². The topological polar surface area (TPSA) is 92.3 Å². The Morgan fingerprint density at radius 1 is 0.867 bits per heavy atom. The van der Waals surface area contributed by atoms with E-state index in [1.165, 1.54) is 11.3 Å². The van der Waals surface area contributed by atoms with Crippen LogP contribution in [0.3, 0.4) is 0 Å². The van der Waals surface area contributed by atoms with Crippen LogP contribution in [0.4, 0.5) is 0 Å². The summed E-state index contributed by atoms with van der Waals surface area (Å²) in [6.45, 7) is 0.194. The molecule has 0 aliphatic carbocycles. The number of sulfone groups is 1. The molecule has 0 spiro atoms. The van der Waals surface area contributed by atoms with Gasteiger partial charge >= 0.3 is 11.8 Å². The minimum atomic E-state index is -3.67. The predicted octanol–water partition coefficient (Wildman–Crippen LogP) is 3.19. The van der Waals surface area contributed by atoms with Gasteiger partial charge in [-0.1, -0.05) is 42.5 Å². The minimum absolute atomic E-state index is 0.170. The first kappa shape index (κ1) is 22.2. The Bertz CT molecular complexity index is 1050. The molecule has 30 heavy (non-hydrogen) atoms. The van der Waals surface area contributed by atoms with Gasteiger partial charge in [0.05, 0.1) is 0 Å². The van der Waals surface area contributed by atoms with E-state index < -0.39 is 26.9 Å². The van der Waals surface area contributed by atoms with Crippen molar-refractivity contribution < 1.29 is 18.0 Å². The Kier molecular flexibility index (Phi) is 7.78. The van der Waals surface area contributed by atoms with E-state index in [4.69, 9.17) is 0 Å². The van der Waals surface area contributed by atoms with E-state index in [1.54, 1.807) is 35.0 Å². The average Bonchev–Trinajstić information content (AvgIpc) is 3.46. The number of benzene rings is 1. The first-order valence-electron chi connectivity index (χ1n) is 9.39. The molecule has 0 saturated carbocycles. The van der Waals surface area contributed by atoms with Crippen molar-refractivity contribution in [2.75, 3.05) is 13.1 Å². The van der Waals surface area contributed by atoms with Crippen LogP contribution in [0.1, 0.15) is 22.1 Å². The summed E-state index contributed by atoms with van der Waals surface area (Å²) in [5, 5.41) is 7.60. The summed E-state index contributed by atoms with van der Waals surface area (Å²) in [5.74, 6) is -1.60. The van der Waals surface area contributed by atoms with Crippen molar-refractivity contribution >= 4 is 44.3 Å². The molecule has 3 rings (SSSR count). The molecule has 0 saturated heterocycles. The summed E-state index contributed by atoms with van der Waals surface area (Å²) < 4.78 is 26.2. The molecule has 9 heteroatoms. The summed E-state index contributed by atoms with van der Waals surface area (Å²) >= 11 is 2.44. The highest BCUT2D eigenvalue weighted by atomic mass is 32.2. The Labute approximate surface area is 183 Å². The molecule has 2 amide bonds. The van der Waals surface area contributed by atoms with Gasteiger partial charge in [-0.3, -0.25) is 9.59 Å². The van der Waals surface area contributed by atoms with E-state index in [-0.39, 0.29) is 10.8 Å². The van der Waals surface area contributed by atoms with Crippen LogP contribution in [0, 0.1) is 0 Å². The average molecular weight is 463 g/mol. The predicted molar refractivity (Wildman–Crippen MR) is 119 cm³/mol. The minimum Gasteiger partial charge on any atom is -0.348 e. The summed E-state index contributed by atoms with van der Waals surface area (Å²) in [5.41, 5.74) is 1.16. The first-order chi connectivity index (χ1) is 14.5. The number of carbonyl (C=O) groups excluding carboxylic acids is 2. The molecule has 158 valence electrons. The Hall–Kier alpha value is -2.49. The highest BCUT2D eigenvalue weighted by molar-refractivity contribution is 7.93. The standard InChI is InChI=1S/C21H22N2O4S3/c24-20(22-12-4-9-16-7-2-1-3-8-16)21(25)23-15-18(17-10-5-13-28-17)30(26,27)19-11-6-14-29-19/h1-3,5-8,10-11,13-14,18H,4,9,12,15H2,(H,22,24)(H,23,25)/t18-/m0/s1. The second-order valence-corrected chi connectivity index (χ2v) is 10.8. The smallest absolute Gasteiger partial charge is 0.309 e. The van der Waals surface area contributed by atoms with Crippen molar-refractivity contribution in [3.05, 3.63) is 75.8 Å². The molecule has 0 aliphatic heterocycles. The van der Waals surface area contributed by atoms with Crippen LogP contribution in [-0.2, 0) is 25.8 Å². The van der Waals surface area contributed by atoms with Gasteiger partial charge in [0.1, 0.15) is 9.46 Å². The van der Waals surface area contributed by atoms with Crippen molar-refractivity contribution in [3.63, 3.8) is 0 Å². The Morgan fingerprint density at radius 3 is 2.23 bits per heavy atom. The second-order valence-electron chi connectivity index (χ2n) is 6.54. The molecule has 0 radical (unpaired) electrons. The fourth-order valence-corrected chi connectivity index (χ4v) is 6.88. The van der Waals surface area contributed by atoms with Crippen molar-refractivity contribution in [1.29, 1.82) is 0 Å². The maximum atomic E-state index is 13.0. The van der Waals surface area contributed by atoms with E-state index in [9.17, 15) is 18.0 Å². The molecule has 2 heterocycles. The largest absolute Gasteiger partial charge is 0.348 e. The van der Waals surface area contributed by atoms with E-state index >= 15 is 0 Å². The van der Waals surface area contributed by atoms with Gasteiger partial charge in [0.25, 0.3) is 0 Å². The number of thiophene rings is 2. The summed E-state index contributed by atoms with van der Waals surface area (Å²) in [4.78, 5) is 24.9. The lowest BCUT2D eigenvalue weighted by molar-refractivity contribution is -0.139. The molecule has 2 aromatic heterocycles. The number of rotatable bonds is 9. The summed E-state index contributed by atoms with van der Waals surface area (Å²) in [7, 11) is -3.67. The maximum Gasteiger partial charge on any atom is 0.309 e. The van der Waals surface area contributed by atoms with Gasteiger partial charge in [-0.2, -0.15) is 0 Å². The molecule has 0 bridgehead atoms. The molecular formula is C21H22N2O4S3. The van der Waals surface area contributed by atoms with Gasteiger partial charge in [0, 0.05) is 18.0 Å². The van der Waals surface area contributed by atoms with Crippen molar-refractivity contribution in [2.45, 2.75) is 22.3 Å². The number of hydrogen-bond acceptors (Lipinski definition) is 6. The molecule has 1 aromatic carbocycles. The van der Waals surface area contributed by atoms with Crippen LogP contribution in [0.15, 0.2) is 69.6 Å². The van der Waals surface area contributed by atoms with Gasteiger partial charge < -0.3 is 10.6 Å². The quantitative estimate of drug-likeness (QED) is 0.377. The van der Waals surface area contributed by atoms with Crippen LogP contribution in [-0.4, -0.2) is 33.3 Å². The number of amides is 2. The van der Waals surface area contributed by atoms with E-state index in [0.717, 1.165) is 23.3 Å². The number of hydrogen-bond donors (Lipinski definition) is 2. The van der Waals surface area contributed by atoms with Gasteiger partial charge in [-0.05, 0) is 41.3 Å². The fraction of sp³-hybridized carbons (Fsp3) is 0.238. The van der Waals surface area contributed by atoms with E-state index in [0.29, 0.717) is 17.8 Å². The maximum absolute atomic E-state index is 13.0. The van der Waals surface area contributed by atoms with Crippen molar-refractivity contribution in [1.82, 2.24) is 10.6 Å². The lowest BCUT2D eigenvalue weighted by Crippen LogP contribution is -2.42. The first-order valence-corrected chi connectivity index (χ1v) is 12.7. The SMILES string of the molecule is O=C(NCCCc1ccccc1)C(=O)NC[C@@H](c1cccs1)S(=O)(=O)c1cccs1. The van der Waals surface area contributed by atoms with Crippen LogP contribution in [0.2, 0.25) is 0 Å². The highest BCUT2D eigenvalue weighted by Crippen LogP contribution is 2.33. The third kappa shape index (κ3) is 5.78. The molecule has 2 N–H and O–H groups in total. The summed E-state index contributed by atoms with van der Waals surface area (Å²) in [6.07, 6.45) is 1.50. The molecular weight excluding hydrogens is 440 g/mol. The molecule has 0 aliphatic rings. The van der Waals surface area contributed by atoms with Gasteiger partial charge in [0.2, 0.25) is 0 Å². The highest BCUT2D eigenvalue weighted by Gasteiger charge is 2.31. The van der Waals surface area contributed by atoms with Gasteiger partial charge in [0.15, 0.2) is 9.84 Å². The number of aryl methyl sites for hydroxylation is 1. The van der Waals surface area contributed by atoms with Crippen LogP contribution < -0.4 is 10.6 Å². The Balaban J connectivity index is 1.53. The van der Waals surface area contributed by atoms with Crippen molar-refractivity contribution in [3.8, 4) is 0 Å². The zero-order valence-electron chi connectivity index (χ0n) is 16.1. The molecule has 3 aromatic rings. The second kappa shape index (κ2) is 10.5. The van der Waals surface area contributed by atoms with E-state index in [1.807, 2.05) is 30.3 Å². The third-order valence-corrected chi connectivity index (χ3v) is 9.08. The molecule has 0 fully saturated rings. The van der Waals surface area contributed by atoms with Crippen LogP contribution in [0.25, 0.3) is 0 Å². The zero-order chi connectivity index (χ0) is 21.4. The number of carbonyl (C=O) groups is 2.